The first-order valence-electron chi connectivity index (χ1n) is 6.27. The maximum absolute atomic E-state index is 11.9. The zero-order valence-electron chi connectivity index (χ0n) is 10.3. The lowest BCUT2D eigenvalue weighted by atomic mass is 9.93. The van der Waals surface area contributed by atoms with E-state index in [-0.39, 0.29) is 11.8 Å². The van der Waals surface area contributed by atoms with Crippen LogP contribution in [0.15, 0.2) is 12.2 Å². The first kappa shape index (κ1) is 11.6. The van der Waals surface area contributed by atoms with Gasteiger partial charge >= 0.3 is 0 Å². The zero-order chi connectivity index (χ0) is 11.5. The highest BCUT2D eigenvalue weighted by Crippen LogP contribution is 2.43. The molecule has 0 aliphatic heterocycles. The van der Waals surface area contributed by atoms with E-state index in [2.05, 4.69) is 36.5 Å². The highest BCUT2D eigenvalue weighted by Gasteiger charge is 2.39. The van der Waals surface area contributed by atoms with Crippen LogP contribution in [-0.4, -0.2) is 38.0 Å². The molecule has 0 aromatic carbocycles. The van der Waals surface area contributed by atoms with Crippen molar-refractivity contribution in [3.8, 4) is 0 Å². The molecule has 2 bridgehead atoms. The van der Waals surface area contributed by atoms with Crippen molar-refractivity contribution in [3.05, 3.63) is 12.2 Å². The Hall–Kier alpha value is -0.830. The molecule has 90 valence electrons. The Labute approximate surface area is 97.9 Å². The van der Waals surface area contributed by atoms with E-state index in [1.165, 1.54) is 6.42 Å². The van der Waals surface area contributed by atoms with Crippen LogP contribution < -0.4 is 5.32 Å². The van der Waals surface area contributed by atoms with Gasteiger partial charge < -0.3 is 10.2 Å². The average molecular weight is 222 g/mol. The van der Waals surface area contributed by atoms with Crippen molar-refractivity contribution in [1.82, 2.24) is 10.2 Å². The number of allylic oxidation sites excluding steroid dienone is 2. The van der Waals surface area contributed by atoms with Gasteiger partial charge in [-0.1, -0.05) is 12.2 Å². The molecule has 2 aliphatic rings. The molecule has 1 saturated carbocycles. The van der Waals surface area contributed by atoms with Crippen LogP contribution in [0.1, 0.15) is 19.3 Å². The summed E-state index contributed by atoms with van der Waals surface area (Å²) in [6.45, 7) is 1.85. The van der Waals surface area contributed by atoms with Crippen LogP contribution in [0.5, 0.6) is 0 Å². The minimum absolute atomic E-state index is 0.259. The van der Waals surface area contributed by atoms with Crippen LogP contribution in [-0.2, 0) is 4.79 Å². The Balaban J connectivity index is 1.67. The maximum Gasteiger partial charge on any atom is 0.223 e. The summed E-state index contributed by atoms with van der Waals surface area (Å²) in [4.78, 5) is 14.1. The lowest BCUT2D eigenvalue weighted by Crippen LogP contribution is -2.34. The molecule has 1 amide bonds. The van der Waals surface area contributed by atoms with E-state index in [9.17, 15) is 4.79 Å². The number of hydrogen-bond acceptors (Lipinski definition) is 2. The second-order valence-electron chi connectivity index (χ2n) is 5.33. The molecule has 2 aliphatic carbocycles. The molecular formula is C13H22N2O. The molecular weight excluding hydrogens is 200 g/mol. The number of nitrogens with one attached hydrogen (secondary N) is 1. The number of carbonyl (C=O) groups excluding carboxylic acids is 1. The highest BCUT2D eigenvalue weighted by molar-refractivity contribution is 5.79. The minimum Gasteiger partial charge on any atom is -0.356 e. The predicted octanol–water partition coefficient (Wildman–Crippen LogP) is 1.27. The van der Waals surface area contributed by atoms with E-state index in [0.717, 1.165) is 25.9 Å². The Kier molecular flexibility index (Phi) is 3.64. The number of nitrogens with zero attached hydrogens (tertiary/aromatic N) is 1. The van der Waals surface area contributed by atoms with Crippen molar-refractivity contribution < 1.29 is 4.79 Å². The minimum atomic E-state index is 0.259. The van der Waals surface area contributed by atoms with E-state index in [0.29, 0.717) is 11.8 Å². The lowest BCUT2D eigenvalue weighted by Gasteiger charge is -2.18. The fraction of sp³-hybridized carbons (Fsp3) is 0.769. The van der Waals surface area contributed by atoms with Gasteiger partial charge in [0.05, 0.1) is 0 Å². The Morgan fingerprint density at radius 2 is 2.19 bits per heavy atom. The van der Waals surface area contributed by atoms with Crippen LogP contribution >= 0.6 is 0 Å². The first-order valence-corrected chi connectivity index (χ1v) is 6.27. The van der Waals surface area contributed by atoms with Gasteiger partial charge in [0.1, 0.15) is 0 Å². The maximum atomic E-state index is 11.9. The van der Waals surface area contributed by atoms with Gasteiger partial charge in [0, 0.05) is 12.5 Å². The molecule has 0 saturated heterocycles. The Morgan fingerprint density at radius 3 is 2.75 bits per heavy atom. The van der Waals surface area contributed by atoms with E-state index in [4.69, 9.17) is 0 Å². The molecule has 0 spiro atoms. The summed E-state index contributed by atoms with van der Waals surface area (Å²) in [5.74, 6) is 1.74. The summed E-state index contributed by atoms with van der Waals surface area (Å²) in [6, 6.07) is 0. The normalized spacial score (nSPS) is 31.3. The van der Waals surface area contributed by atoms with Gasteiger partial charge in [-0.3, -0.25) is 4.79 Å². The van der Waals surface area contributed by atoms with E-state index in [1.54, 1.807) is 0 Å². The monoisotopic (exact) mass is 222 g/mol. The van der Waals surface area contributed by atoms with Crippen LogP contribution in [0, 0.1) is 17.8 Å². The average Bonchev–Trinajstić information content (AvgIpc) is 2.85. The summed E-state index contributed by atoms with van der Waals surface area (Å²) < 4.78 is 0. The summed E-state index contributed by atoms with van der Waals surface area (Å²) in [7, 11) is 4.12. The van der Waals surface area contributed by atoms with Crippen molar-refractivity contribution in [2.45, 2.75) is 19.3 Å². The van der Waals surface area contributed by atoms with Gasteiger partial charge in [0.15, 0.2) is 0 Å². The summed E-state index contributed by atoms with van der Waals surface area (Å²) in [5, 5.41) is 3.07. The number of amides is 1. The third kappa shape index (κ3) is 2.64. The standard InChI is InChI=1S/C13H22N2O/c1-15(2)7-3-6-14-13(16)12-9-10-4-5-11(12)8-10/h4-5,10-12H,3,6-9H2,1-2H3,(H,14,16). The fourth-order valence-corrected chi connectivity index (χ4v) is 2.82. The third-order valence-corrected chi connectivity index (χ3v) is 3.70. The second-order valence-corrected chi connectivity index (χ2v) is 5.33. The summed E-state index contributed by atoms with van der Waals surface area (Å²) in [6.07, 6.45) is 7.82. The number of fused-ring (bicyclic) bond motifs is 2. The van der Waals surface area contributed by atoms with Gasteiger partial charge in [0.2, 0.25) is 5.91 Å². The van der Waals surface area contributed by atoms with E-state index in [1.807, 2.05) is 0 Å². The molecule has 3 nitrogen and oxygen atoms in total. The molecule has 3 heteroatoms. The SMILES string of the molecule is CN(C)CCCNC(=O)C1CC2C=CC1C2. The lowest BCUT2D eigenvalue weighted by molar-refractivity contribution is -0.125. The van der Waals surface area contributed by atoms with Gasteiger partial charge in [-0.15, -0.1) is 0 Å². The van der Waals surface area contributed by atoms with Crippen LogP contribution in [0.25, 0.3) is 0 Å². The molecule has 2 rings (SSSR count). The first-order chi connectivity index (χ1) is 7.66. The number of hydrogen-bond donors (Lipinski definition) is 1. The van der Waals surface area contributed by atoms with Crippen LogP contribution in [0.3, 0.4) is 0 Å². The topological polar surface area (TPSA) is 32.3 Å². The summed E-state index contributed by atoms with van der Waals surface area (Å²) >= 11 is 0. The molecule has 1 N–H and O–H groups in total. The molecule has 0 aromatic heterocycles. The Bertz CT molecular complexity index is 286. The van der Waals surface area contributed by atoms with Crippen molar-refractivity contribution >= 4 is 5.91 Å². The van der Waals surface area contributed by atoms with Crippen LogP contribution in [0.4, 0.5) is 0 Å². The molecule has 3 atom stereocenters. The quantitative estimate of drug-likeness (QED) is 0.561. The van der Waals surface area contributed by atoms with Crippen LogP contribution in [0.2, 0.25) is 0 Å². The third-order valence-electron chi connectivity index (χ3n) is 3.70. The van der Waals surface area contributed by atoms with E-state index >= 15 is 0 Å². The molecule has 16 heavy (non-hydrogen) atoms. The van der Waals surface area contributed by atoms with Crippen molar-refractivity contribution in [2.24, 2.45) is 17.8 Å². The molecule has 0 heterocycles. The number of carbonyl (C=O) groups is 1. The van der Waals surface area contributed by atoms with Crippen molar-refractivity contribution in [2.75, 3.05) is 27.2 Å². The highest BCUT2D eigenvalue weighted by atomic mass is 16.1. The zero-order valence-corrected chi connectivity index (χ0v) is 10.3. The molecule has 1 fully saturated rings. The summed E-state index contributed by atoms with van der Waals surface area (Å²) in [5.41, 5.74) is 0. The number of rotatable bonds is 5. The molecule has 0 radical (unpaired) electrons. The largest absolute Gasteiger partial charge is 0.356 e. The van der Waals surface area contributed by atoms with Gasteiger partial charge in [-0.25, -0.2) is 0 Å². The van der Waals surface area contributed by atoms with Gasteiger partial charge in [-0.05, 0) is 51.7 Å². The fourth-order valence-electron chi connectivity index (χ4n) is 2.82. The van der Waals surface area contributed by atoms with Gasteiger partial charge in [0.25, 0.3) is 0 Å². The second kappa shape index (κ2) is 5.00. The van der Waals surface area contributed by atoms with Crippen molar-refractivity contribution in [3.63, 3.8) is 0 Å². The smallest absolute Gasteiger partial charge is 0.223 e. The van der Waals surface area contributed by atoms with Gasteiger partial charge in [-0.2, -0.15) is 0 Å². The Morgan fingerprint density at radius 1 is 1.38 bits per heavy atom. The molecule has 0 aromatic rings. The predicted molar refractivity (Wildman–Crippen MR) is 65.0 cm³/mol. The van der Waals surface area contributed by atoms with E-state index < -0.39 is 0 Å². The molecule has 3 unspecified atom stereocenters. The van der Waals surface area contributed by atoms with Crippen molar-refractivity contribution in [1.29, 1.82) is 0 Å².